The maximum Gasteiger partial charge on any atom is 0.354 e. The molecule has 0 aliphatic heterocycles. The molecule has 0 aliphatic rings. The first kappa shape index (κ1) is 23.4. The average Bonchev–Trinajstić information content (AvgIpc) is 2.64. The van der Waals surface area contributed by atoms with Crippen LogP contribution in [0, 0.1) is 6.92 Å². The van der Waals surface area contributed by atoms with Crippen molar-refractivity contribution in [2.75, 3.05) is 50.3 Å². The van der Waals surface area contributed by atoms with E-state index in [4.69, 9.17) is 0 Å². The third kappa shape index (κ3) is 7.57. The maximum atomic E-state index is 11.9. The van der Waals surface area contributed by atoms with E-state index in [1.165, 1.54) is 14.2 Å². The van der Waals surface area contributed by atoms with Crippen LogP contribution in [0.2, 0.25) is 0 Å². The summed E-state index contributed by atoms with van der Waals surface area (Å²) in [6.45, 7) is 5.30. The summed E-state index contributed by atoms with van der Waals surface area (Å²) in [5.41, 5.74) is 2.30. The molecule has 0 fully saturated rings. The van der Waals surface area contributed by atoms with Gasteiger partial charge < -0.3 is 19.7 Å². The number of sulfonamides is 1. The molecule has 0 amide bonds. The number of carbonyl (C=O) groups is 2. The number of methoxy groups -OCH3 is 2. The Bertz CT molecular complexity index is 836. The molecule has 10 heteroatoms. The summed E-state index contributed by atoms with van der Waals surface area (Å²) >= 11 is 0. The molecule has 0 radical (unpaired) electrons. The zero-order chi connectivity index (χ0) is 21.3. The second kappa shape index (κ2) is 10.7. The number of benzene rings is 1. The van der Waals surface area contributed by atoms with Crippen LogP contribution in [-0.2, 0) is 29.1 Å². The van der Waals surface area contributed by atoms with E-state index < -0.39 is 22.0 Å². The number of hydrogen-bond acceptors (Lipinski definition) is 8. The molecular formula is C18H27N3O6S. The first-order valence-electron chi connectivity index (χ1n) is 8.56. The van der Waals surface area contributed by atoms with Gasteiger partial charge in [0.15, 0.2) is 0 Å². The zero-order valence-electron chi connectivity index (χ0n) is 16.7. The number of nitrogens with zero attached hydrogens (tertiary/aromatic N) is 1. The fraction of sp³-hybridized carbons (Fsp3) is 0.444. The predicted octanol–water partition coefficient (Wildman–Crippen LogP) is 1.01. The highest BCUT2D eigenvalue weighted by Gasteiger charge is 2.15. The molecule has 1 rings (SSSR count). The van der Waals surface area contributed by atoms with Gasteiger partial charge in [-0.15, -0.1) is 0 Å². The fourth-order valence-electron chi connectivity index (χ4n) is 2.40. The van der Waals surface area contributed by atoms with Gasteiger partial charge >= 0.3 is 11.9 Å². The summed E-state index contributed by atoms with van der Waals surface area (Å²) in [7, 11) is -0.805. The number of aryl methyl sites for hydroxylation is 1. The molecule has 0 saturated heterocycles. The molecule has 0 aliphatic carbocycles. The highest BCUT2D eigenvalue weighted by Crippen LogP contribution is 2.24. The lowest BCUT2D eigenvalue weighted by Crippen LogP contribution is -2.34. The summed E-state index contributed by atoms with van der Waals surface area (Å²) in [4.78, 5) is 25.4. The number of carbonyl (C=O) groups excluding carboxylic acids is 2. The average molecular weight is 413 g/mol. The molecule has 156 valence electrons. The Kier molecular flexibility index (Phi) is 8.93. The third-order valence-corrected chi connectivity index (χ3v) is 4.57. The molecule has 1 aromatic carbocycles. The number of likely N-dealkylation sites (N-methyl/N-ethyl adjacent to an activating group) is 1. The smallest absolute Gasteiger partial charge is 0.354 e. The number of nitrogens with one attached hydrogen (secondary N) is 2. The molecule has 0 saturated carbocycles. The normalized spacial score (nSPS) is 11.7. The molecule has 2 N–H and O–H groups in total. The summed E-state index contributed by atoms with van der Waals surface area (Å²) in [5, 5.41) is 2.89. The number of esters is 2. The largest absolute Gasteiger partial charge is 0.466 e. The lowest BCUT2D eigenvalue weighted by Gasteiger charge is -2.24. The highest BCUT2D eigenvalue weighted by molar-refractivity contribution is 7.88. The van der Waals surface area contributed by atoms with E-state index in [-0.39, 0.29) is 5.70 Å². The van der Waals surface area contributed by atoms with Gasteiger partial charge in [0.05, 0.1) is 26.6 Å². The van der Waals surface area contributed by atoms with Crippen LogP contribution in [0.4, 0.5) is 11.4 Å². The van der Waals surface area contributed by atoms with E-state index in [2.05, 4.69) is 19.5 Å². The van der Waals surface area contributed by atoms with Crippen LogP contribution < -0.4 is 14.9 Å². The van der Waals surface area contributed by atoms with Gasteiger partial charge in [-0.1, -0.05) is 0 Å². The van der Waals surface area contributed by atoms with Crippen molar-refractivity contribution in [3.05, 3.63) is 35.5 Å². The van der Waals surface area contributed by atoms with E-state index in [1.54, 1.807) is 6.07 Å². The monoisotopic (exact) mass is 413 g/mol. The van der Waals surface area contributed by atoms with Crippen molar-refractivity contribution in [3.8, 4) is 0 Å². The second-order valence-corrected chi connectivity index (χ2v) is 7.78. The minimum Gasteiger partial charge on any atom is -0.466 e. The van der Waals surface area contributed by atoms with E-state index >= 15 is 0 Å². The SMILES string of the molecule is CCN(CCNS(C)(=O)=O)c1ccc(N/C(=C/C(=O)OC)C(=O)OC)c(C)c1. The number of rotatable bonds is 10. The van der Waals surface area contributed by atoms with E-state index in [0.717, 1.165) is 23.6 Å². The van der Waals surface area contributed by atoms with E-state index in [9.17, 15) is 18.0 Å². The van der Waals surface area contributed by atoms with Gasteiger partial charge in [0.25, 0.3) is 0 Å². The molecule has 0 bridgehead atoms. The van der Waals surface area contributed by atoms with Gasteiger partial charge in [0.1, 0.15) is 5.70 Å². The van der Waals surface area contributed by atoms with Gasteiger partial charge in [-0.05, 0) is 37.6 Å². The lowest BCUT2D eigenvalue weighted by atomic mass is 10.1. The highest BCUT2D eigenvalue weighted by atomic mass is 32.2. The van der Waals surface area contributed by atoms with Gasteiger partial charge in [-0.2, -0.15) is 0 Å². The minimum atomic E-state index is -3.24. The summed E-state index contributed by atoms with van der Waals surface area (Å²) in [5.74, 6) is -1.38. The molecule has 0 heterocycles. The van der Waals surface area contributed by atoms with Gasteiger partial charge in [-0.3, -0.25) is 0 Å². The van der Waals surface area contributed by atoms with Crippen molar-refractivity contribution in [1.82, 2.24) is 4.72 Å². The van der Waals surface area contributed by atoms with Crippen LogP contribution in [0.5, 0.6) is 0 Å². The first-order valence-corrected chi connectivity index (χ1v) is 10.5. The Morgan fingerprint density at radius 1 is 1.21 bits per heavy atom. The predicted molar refractivity (Wildman–Crippen MR) is 108 cm³/mol. The van der Waals surface area contributed by atoms with Crippen molar-refractivity contribution in [3.63, 3.8) is 0 Å². The lowest BCUT2D eigenvalue weighted by molar-refractivity contribution is -0.138. The van der Waals surface area contributed by atoms with E-state index in [0.29, 0.717) is 25.3 Å². The quantitative estimate of drug-likeness (QED) is 0.432. The van der Waals surface area contributed by atoms with Crippen LogP contribution in [0.3, 0.4) is 0 Å². The Morgan fingerprint density at radius 2 is 1.89 bits per heavy atom. The summed E-state index contributed by atoms with van der Waals surface area (Å²) in [6, 6.07) is 5.51. The van der Waals surface area contributed by atoms with Crippen LogP contribution in [0.1, 0.15) is 12.5 Å². The molecule has 1 aromatic rings. The Balaban J connectivity index is 2.99. The molecule has 9 nitrogen and oxygen atoms in total. The van der Waals surface area contributed by atoms with Crippen molar-refractivity contribution >= 4 is 33.3 Å². The third-order valence-electron chi connectivity index (χ3n) is 3.84. The van der Waals surface area contributed by atoms with Crippen LogP contribution in [0.25, 0.3) is 0 Å². The Morgan fingerprint density at radius 3 is 2.39 bits per heavy atom. The van der Waals surface area contributed by atoms with Crippen molar-refractivity contribution in [1.29, 1.82) is 0 Å². The molecule has 28 heavy (non-hydrogen) atoms. The topological polar surface area (TPSA) is 114 Å². The second-order valence-electron chi connectivity index (χ2n) is 5.94. The first-order chi connectivity index (χ1) is 13.1. The number of ether oxygens (including phenoxy) is 2. The Hall–Kier alpha value is -2.59. The van der Waals surface area contributed by atoms with Crippen LogP contribution >= 0.6 is 0 Å². The molecule has 0 unspecified atom stereocenters. The molecule has 0 spiro atoms. The number of anilines is 2. The van der Waals surface area contributed by atoms with Crippen LogP contribution in [0.15, 0.2) is 30.0 Å². The summed E-state index contributed by atoms with van der Waals surface area (Å²) < 4.78 is 34.1. The van der Waals surface area contributed by atoms with Gasteiger partial charge in [0.2, 0.25) is 10.0 Å². The number of hydrogen-bond donors (Lipinski definition) is 2. The minimum absolute atomic E-state index is 0.0464. The Labute approximate surface area is 165 Å². The standard InChI is InChI=1S/C18H27N3O6S/c1-6-21(10-9-19-28(5,24)25)14-7-8-15(13(2)11-14)20-16(18(23)27-4)12-17(22)26-3/h7-8,11-12,19-20H,6,9-10H2,1-5H3/b16-12+. The van der Waals surface area contributed by atoms with Crippen molar-refractivity contribution in [2.45, 2.75) is 13.8 Å². The summed E-state index contributed by atoms with van der Waals surface area (Å²) in [6.07, 6.45) is 2.14. The molecule has 0 atom stereocenters. The zero-order valence-corrected chi connectivity index (χ0v) is 17.6. The van der Waals surface area contributed by atoms with Gasteiger partial charge in [0, 0.05) is 31.0 Å². The molecule has 0 aromatic heterocycles. The van der Waals surface area contributed by atoms with E-state index in [1.807, 2.05) is 30.9 Å². The molecular weight excluding hydrogens is 386 g/mol. The maximum absolute atomic E-state index is 11.9. The fourth-order valence-corrected chi connectivity index (χ4v) is 2.86. The van der Waals surface area contributed by atoms with Crippen molar-refractivity contribution < 1.29 is 27.5 Å². The van der Waals surface area contributed by atoms with Crippen molar-refractivity contribution in [2.24, 2.45) is 0 Å². The van der Waals surface area contributed by atoms with Crippen LogP contribution in [-0.4, -0.2) is 60.5 Å². The van der Waals surface area contributed by atoms with Gasteiger partial charge in [-0.25, -0.2) is 22.7 Å².